The molecule has 2 aromatic rings. The first kappa shape index (κ1) is 10.3. The van der Waals surface area contributed by atoms with Crippen molar-refractivity contribution < 1.29 is 9.32 Å². The van der Waals surface area contributed by atoms with Crippen molar-refractivity contribution >= 4 is 5.91 Å². The van der Waals surface area contributed by atoms with Crippen LogP contribution in [-0.2, 0) is 6.42 Å². The van der Waals surface area contributed by atoms with Gasteiger partial charge < -0.3 is 9.84 Å². The largest absolute Gasteiger partial charge is 0.361 e. The molecule has 2 aromatic heterocycles. The molecule has 0 unspecified atom stereocenters. The molecule has 0 aliphatic heterocycles. The third-order valence-corrected chi connectivity index (χ3v) is 1.97. The van der Waals surface area contributed by atoms with E-state index in [0.29, 0.717) is 18.7 Å². The number of aromatic nitrogens is 4. The minimum absolute atomic E-state index is 0.253. The van der Waals surface area contributed by atoms with E-state index >= 15 is 0 Å². The maximum absolute atomic E-state index is 11.5. The lowest BCUT2D eigenvalue weighted by molar-refractivity contribution is 0.0945. The number of hydrogen-bond acceptors (Lipinski definition) is 5. The number of rotatable bonds is 4. The Kier molecular flexibility index (Phi) is 2.95. The van der Waals surface area contributed by atoms with Gasteiger partial charge >= 0.3 is 0 Å². The summed E-state index contributed by atoms with van der Waals surface area (Å²) in [4.78, 5) is 15.4. The molecule has 16 heavy (non-hydrogen) atoms. The fourth-order valence-electron chi connectivity index (χ4n) is 1.21. The Morgan fingerprint density at radius 3 is 3.12 bits per heavy atom. The van der Waals surface area contributed by atoms with E-state index < -0.39 is 0 Å². The second-order valence-corrected chi connectivity index (χ2v) is 3.26. The zero-order valence-electron chi connectivity index (χ0n) is 8.73. The maximum atomic E-state index is 11.5. The molecule has 0 radical (unpaired) electrons. The number of amides is 1. The van der Waals surface area contributed by atoms with E-state index in [9.17, 15) is 4.79 Å². The molecule has 1 amide bonds. The summed E-state index contributed by atoms with van der Waals surface area (Å²) in [6.45, 7) is 2.21. The molecule has 2 heterocycles. The van der Waals surface area contributed by atoms with Crippen molar-refractivity contribution in [3.05, 3.63) is 29.7 Å². The van der Waals surface area contributed by atoms with Crippen molar-refractivity contribution in [2.24, 2.45) is 0 Å². The number of hydrogen-bond donors (Lipinski definition) is 2. The highest BCUT2D eigenvalue weighted by atomic mass is 16.5. The Bertz CT molecular complexity index is 462. The highest BCUT2D eigenvalue weighted by molar-refractivity contribution is 5.92. The SMILES string of the molecule is Cc1cc(C(=O)NCCc2ncn[nH]2)no1. The highest BCUT2D eigenvalue weighted by Gasteiger charge is 2.09. The Hall–Kier alpha value is -2.18. The van der Waals surface area contributed by atoms with E-state index in [-0.39, 0.29) is 11.6 Å². The number of carbonyl (C=O) groups is 1. The smallest absolute Gasteiger partial charge is 0.273 e. The molecule has 2 N–H and O–H groups in total. The molecule has 0 saturated heterocycles. The molecule has 0 fully saturated rings. The third-order valence-electron chi connectivity index (χ3n) is 1.97. The Balaban J connectivity index is 1.80. The van der Waals surface area contributed by atoms with Gasteiger partial charge in [-0.15, -0.1) is 0 Å². The molecule has 0 bridgehead atoms. The topological polar surface area (TPSA) is 96.7 Å². The van der Waals surface area contributed by atoms with Gasteiger partial charge in [0.15, 0.2) is 5.69 Å². The molecular formula is C9H11N5O2. The van der Waals surface area contributed by atoms with Crippen LogP contribution in [0.25, 0.3) is 0 Å². The van der Waals surface area contributed by atoms with Crippen LogP contribution in [0.1, 0.15) is 22.1 Å². The van der Waals surface area contributed by atoms with Gasteiger partial charge in [0.1, 0.15) is 17.9 Å². The molecule has 0 spiro atoms. The maximum Gasteiger partial charge on any atom is 0.273 e. The van der Waals surface area contributed by atoms with Gasteiger partial charge in [0.05, 0.1) is 0 Å². The number of nitrogens with one attached hydrogen (secondary N) is 2. The third kappa shape index (κ3) is 2.44. The van der Waals surface area contributed by atoms with E-state index in [2.05, 4.69) is 25.7 Å². The molecule has 84 valence electrons. The molecule has 7 nitrogen and oxygen atoms in total. The van der Waals surface area contributed by atoms with Crippen LogP contribution in [0.2, 0.25) is 0 Å². The number of nitrogens with zero attached hydrogens (tertiary/aromatic N) is 3. The minimum Gasteiger partial charge on any atom is -0.361 e. The number of aromatic amines is 1. The summed E-state index contributed by atoms with van der Waals surface area (Å²) < 4.78 is 4.80. The molecule has 0 aromatic carbocycles. The van der Waals surface area contributed by atoms with Crippen molar-refractivity contribution in [2.75, 3.05) is 6.54 Å². The quantitative estimate of drug-likeness (QED) is 0.761. The second-order valence-electron chi connectivity index (χ2n) is 3.26. The van der Waals surface area contributed by atoms with Crippen LogP contribution in [-0.4, -0.2) is 32.8 Å². The summed E-state index contributed by atoms with van der Waals surface area (Å²) in [6, 6.07) is 1.59. The summed E-state index contributed by atoms with van der Waals surface area (Å²) in [5.74, 6) is 1.09. The first-order valence-corrected chi connectivity index (χ1v) is 4.81. The van der Waals surface area contributed by atoms with Gasteiger partial charge in [0, 0.05) is 19.0 Å². The Morgan fingerprint density at radius 2 is 2.50 bits per heavy atom. The van der Waals surface area contributed by atoms with Crippen LogP contribution < -0.4 is 5.32 Å². The van der Waals surface area contributed by atoms with Crippen LogP contribution >= 0.6 is 0 Å². The normalized spacial score (nSPS) is 10.3. The highest BCUT2D eigenvalue weighted by Crippen LogP contribution is 2.00. The summed E-state index contributed by atoms with van der Waals surface area (Å²) in [7, 11) is 0. The number of aryl methyl sites for hydroxylation is 1. The van der Waals surface area contributed by atoms with Gasteiger partial charge in [-0.3, -0.25) is 9.89 Å². The predicted molar refractivity (Wildman–Crippen MR) is 53.7 cm³/mol. The number of H-pyrrole nitrogens is 1. The first-order chi connectivity index (χ1) is 7.75. The van der Waals surface area contributed by atoms with Crippen LogP contribution in [0.15, 0.2) is 16.9 Å². The van der Waals surface area contributed by atoms with Crippen LogP contribution in [0.3, 0.4) is 0 Å². The fraction of sp³-hybridized carbons (Fsp3) is 0.333. The molecule has 7 heteroatoms. The van der Waals surface area contributed by atoms with Gasteiger partial charge in [-0.05, 0) is 6.92 Å². The Morgan fingerprint density at radius 1 is 1.62 bits per heavy atom. The van der Waals surface area contributed by atoms with Crippen molar-refractivity contribution in [3.63, 3.8) is 0 Å². The predicted octanol–water partition coefficient (Wildman–Crippen LogP) is 0.0736. The van der Waals surface area contributed by atoms with Gasteiger partial charge in [-0.25, -0.2) is 4.98 Å². The van der Waals surface area contributed by atoms with Gasteiger partial charge in [0.25, 0.3) is 5.91 Å². The molecular weight excluding hydrogens is 210 g/mol. The van der Waals surface area contributed by atoms with Crippen LogP contribution in [0.5, 0.6) is 0 Å². The van der Waals surface area contributed by atoms with Crippen molar-refractivity contribution in [1.29, 1.82) is 0 Å². The fourth-order valence-corrected chi connectivity index (χ4v) is 1.21. The molecule has 0 saturated carbocycles. The summed E-state index contributed by atoms with van der Waals surface area (Å²) in [5.41, 5.74) is 0.287. The first-order valence-electron chi connectivity index (χ1n) is 4.81. The zero-order chi connectivity index (χ0) is 11.4. The average Bonchev–Trinajstić information content (AvgIpc) is 2.89. The van der Waals surface area contributed by atoms with Crippen molar-refractivity contribution in [2.45, 2.75) is 13.3 Å². The standard InChI is InChI=1S/C9H11N5O2/c1-6-4-7(14-16-6)9(15)10-3-2-8-11-5-12-13-8/h4-5H,2-3H2,1H3,(H,10,15)(H,11,12,13). The lowest BCUT2D eigenvalue weighted by atomic mass is 10.3. The molecule has 2 rings (SSSR count). The summed E-state index contributed by atoms with van der Waals surface area (Å²) in [6.07, 6.45) is 2.03. The minimum atomic E-state index is -0.253. The lowest BCUT2D eigenvalue weighted by Gasteiger charge is -1.99. The molecule has 0 aliphatic rings. The van der Waals surface area contributed by atoms with E-state index in [0.717, 1.165) is 5.82 Å². The van der Waals surface area contributed by atoms with E-state index in [1.165, 1.54) is 6.33 Å². The van der Waals surface area contributed by atoms with Crippen molar-refractivity contribution in [3.8, 4) is 0 Å². The van der Waals surface area contributed by atoms with Gasteiger partial charge in [0.2, 0.25) is 0 Å². The van der Waals surface area contributed by atoms with Crippen LogP contribution in [0.4, 0.5) is 0 Å². The second kappa shape index (κ2) is 4.56. The van der Waals surface area contributed by atoms with Gasteiger partial charge in [-0.1, -0.05) is 5.16 Å². The lowest BCUT2D eigenvalue weighted by Crippen LogP contribution is -2.26. The van der Waals surface area contributed by atoms with E-state index in [1.54, 1.807) is 13.0 Å². The van der Waals surface area contributed by atoms with Crippen LogP contribution in [0, 0.1) is 6.92 Å². The average molecular weight is 221 g/mol. The monoisotopic (exact) mass is 221 g/mol. The van der Waals surface area contributed by atoms with E-state index in [4.69, 9.17) is 4.52 Å². The number of carbonyl (C=O) groups excluding carboxylic acids is 1. The molecule has 0 atom stereocenters. The van der Waals surface area contributed by atoms with E-state index in [1.807, 2.05) is 0 Å². The Labute approximate surface area is 91.2 Å². The summed E-state index contributed by atoms with van der Waals surface area (Å²) >= 11 is 0. The zero-order valence-corrected chi connectivity index (χ0v) is 8.73. The molecule has 0 aliphatic carbocycles. The van der Waals surface area contributed by atoms with Crippen molar-refractivity contribution in [1.82, 2.24) is 25.7 Å². The summed E-state index contributed by atoms with van der Waals surface area (Å²) in [5, 5.41) is 12.7. The van der Waals surface area contributed by atoms with Gasteiger partial charge in [-0.2, -0.15) is 5.10 Å².